The van der Waals surface area contributed by atoms with Crippen molar-refractivity contribution in [2.45, 2.75) is 769 Å². The Balaban J connectivity index is 1.19. The first-order valence-electron chi connectivity index (χ1n) is 66.0. The highest BCUT2D eigenvalue weighted by atomic mass is 16.8. The van der Waals surface area contributed by atoms with Crippen molar-refractivity contribution in [2.24, 2.45) is 35.5 Å². The van der Waals surface area contributed by atoms with Crippen molar-refractivity contribution < 1.29 is 74.1 Å². The second-order valence-electron chi connectivity index (χ2n) is 48.4. The fourth-order valence-electron chi connectivity index (χ4n) is 24.2. The van der Waals surface area contributed by atoms with E-state index in [2.05, 4.69) is 27.7 Å². The van der Waals surface area contributed by atoms with E-state index >= 15 is 0 Å². The smallest absolute Gasteiger partial charge is 0.311 e. The zero-order valence-electron chi connectivity index (χ0n) is 96.8. The molecular weight excluding hydrogens is 1800 g/mol. The van der Waals surface area contributed by atoms with Gasteiger partial charge in [0, 0.05) is 0 Å². The van der Waals surface area contributed by atoms with Crippen molar-refractivity contribution in [2.75, 3.05) is 13.2 Å². The van der Waals surface area contributed by atoms with Crippen molar-refractivity contribution in [3.63, 3.8) is 0 Å². The lowest BCUT2D eigenvalue weighted by Gasteiger charge is -2.44. The van der Waals surface area contributed by atoms with Crippen LogP contribution >= 0.6 is 0 Å². The Morgan fingerprint density at radius 1 is 0.207 bits per heavy atom. The quantitative estimate of drug-likeness (QED) is 0.0209. The molecule has 15 heteroatoms. The zero-order chi connectivity index (χ0) is 104. The molecule has 0 spiro atoms. The van der Waals surface area contributed by atoms with Gasteiger partial charge < -0.3 is 64.5 Å². The minimum Gasteiger partial charge on any atom is -0.463 e. The average molecular weight is 2050 g/mol. The number of hydrogen-bond acceptors (Lipinski definition) is 15. The molecule has 2 aliphatic carbocycles. The summed E-state index contributed by atoms with van der Waals surface area (Å²) in [5.41, 5.74) is 0. The maximum atomic E-state index is 14.3. The Bertz CT molecular complexity index is 2530. The van der Waals surface area contributed by atoms with E-state index in [1.165, 1.54) is 539 Å². The van der Waals surface area contributed by atoms with Gasteiger partial charge in [-0.1, -0.05) is 657 Å². The zero-order valence-corrected chi connectivity index (χ0v) is 96.8. The molecule has 0 radical (unpaired) electrons. The van der Waals surface area contributed by atoms with Gasteiger partial charge in [0.25, 0.3) is 0 Å². The van der Waals surface area contributed by atoms with E-state index in [1.54, 1.807) is 0 Å². The molecule has 0 amide bonds. The molecule has 0 aromatic carbocycles. The SMILES string of the molecule is CCCCCCCCCCCCCCCCCCCCCCCC(C(=O)OCC1OC(OC2OC(COC(=O)C(CCCCCCCCCCCCCCCCCCCCCCC)C(O)CCCCCCCCCCCCCCCCCC3CC3CCCCCCCCCCCCC)C(O)C(O)C2O)C(O)C(O)C1O)C(O)CCCCCCCCCCCCCCCCCC1CC1CCCCCCCCCCCCC. The minimum atomic E-state index is -1.90. The molecule has 0 aromatic heterocycles. The Morgan fingerprint density at radius 3 is 0.531 bits per heavy atom. The van der Waals surface area contributed by atoms with Crippen LogP contribution in [0.4, 0.5) is 0 Å². The molecule has 18 atom stereocenters. The summed E-state index contributed by atoms with van der Waals surface area (Å²) in [7, 11) is 0. The van der Waals surface area contributed by atoms with E-state index in [1.807, 2.05) is 0 Å². The number of aliphatic hydroxyl groups is 8. The third-order valence-electron chi connectivity index (χ3n) is 34.8. The molecule has 15 nitrogen and oxygen atoms in total. The van der Waals surface area contributed by atoms with Crippen LogP contribution in [0.1, 0.15) is 695 Å². The summed E-state index contributed by atoms with van der Waals surface area (Å²) in [5.74, 6) is 1.28. The molecule has 2 saturated heterocycles. The number of rotatable bonds is 114. The summed E-state index contributed by atoms with van der Waals surface area (Å²) in [6, 6.07) is 0. The number of carbonyl (C=O) groups excluding carboxylic acids is 2. The second-order valence-corrected chi connectivity index (χ2v) is 48.4. The van der Waals surface area contributed by atoms with Crippen molar-refractivity contribution in [1.82, 2.24) is 0 Å². The first kappa shape index (κ1) is 136. The third-order valence-corrected chi connectivity index (χ3v) is 34.8. The Labute approximate surface area is 898 Å². The Hall–Kier alpha value is -1.50. The first-order chi connectivity index (χ1) is 71.3. The lowest BCUT2D eigenvalue weighted by molar-refractivity contribution is -0.376. The highest BCUT2D eigenvalue weighted by Gasteiger charge is 2.51. The Kier molecular flexibility index (Phi) is 93.0. The van der Waals surface area contributed by atoms with E-state index in [-0.39, 0.29) is 0 Å². The predicted molar refractivity (Wildman–Crippen MR) is 612 cm³/mol. The molecule has 2 heterocycles. The van der Waals surface area contributed by atoms with Gasteiger partial charge in [-0.15, -0.1) is 0 Å². The van der Waals surface area contributed by atoms with Crippen molar-refractivity contribution >= 4 is 11.9 Å². The second kappa shape index (κ2) is 99.3. The summed E-state index contributed by atoms with van der Waals surface area (Å²) in [6.45, 7) is 8.08. The van der Waals surface area contributed by atoms with Crippen LogP contribution in [0.25, 0.3) is 0 Å². The minimum absolute atomic E-state index is 0.434. The number of carbonyl (C=O) groups is 2. The molecule has 0 aromatic rings. The summed E-state index contributed by atoms with van der Waals surface area (Å²) in [6.07, 6.45) is 114. The fourth-order valence-corrected chi connectivity index (χ4v) is 24.2. The lowest BCUT2D eigenvalue weighted by atomic mass is 9.91. The van der Waals surface area contributed by atoms with Crippen LogP contribution in [-0.2, 0) is 33.3 Å². The van der Waals surface area contributed by atoms with E-state index in [0.29, 0.717) is 25.7 Å². The molecule has 4 fully saturated rings. The highest BCUT2D eigenvalue weighted by Crippen LogP contribution is 2.47. The van der Waals surface area contributed by atoms with Gasteiger partial charge in [0.15, 0.2) is 12.6 Å². The number of esters is 2. The van der Waals surface area contributed by atoms with Crippen LogP contribution in [0.3, 0.4) is 0 Å². The predicted octanol–water partition coefficient (Wildman–Crippen LogP) is 36.8. The van der Waals surface area contributed by atoms with Crippen molar-refractivity contribution in [3.05, 3.63) is 0 Å². The molecule has 8 N–H and O–H groups in total. The van der Waals surface area contributed by atoms with Gasteiger partial charge in [-0.05, 0) is 62.2 Å². The molecular formula is C130H250O15. The van der Waals surface area contributed by atoms with Crippen LogP contribution in [-0.4, -0.2) is 140 Å². The van der Waals surface area contributed by atoms with E-state index < -0.39 is 111 Å². The lowest BCUT2D eigenvalue weighted by Crippen LogP contribution is -2.64. The molecule has 145 heavy (non-hydrogen) atoms. The molecule has 18 unspecified atom stereocenters. The van der Waals surface area contributed by atoms with Gasteiger partial charge in [-0.25, -0.2) is 0 Å². The molecule has 0 bridgehead atoms. The monoisotopic (exact) mass is 2050 g/mol. The average Bonchev–Trinajstić information content (AvgIpc) is 1.60. The van der Waals surface area contributed by atoms with Crippen LogP contribution in [0.15, 0.2) is 0 Å². The van der Waals surface area contributed by atoms with Gasteiger partial charge >= 0.3 is 11.9 Å². The number of aliphatic hydroxyl groups excluding tert-OH is 8. The van der Waals surface area contributed by atoms with Crippen molar-refractivity contribution in [1.29, 1.82) is 0 Å². The topological polar surface area (TPSA) is 242 Å². The van der Waals surface area contributed by atoms with E-state index in [0.717, 1.165) is 126 Å². The van der Waals surface area contributed by atoms with Crippen LogP contribution < -0.4 is 0 Å². The molecule has 860 valence electrons. The summed E-state index contributed by atoms with van der Waals surface area (Å²) < 4.78 is 29.9. The maximum absolute atomic E-state index is 14.3. The summed E-state index contributed by atoms with van der Waals surface area (Å²) in [5, 5.41) is 91.8. The van der Waals surface area contributed by atoms with Crippen LogP contribution in [0.2, 0.25) is 0 Å². The maximum Gasteiger partial charge on any atom is 0.311 e. The summed E-state index contributed by atoms with van der Waals surface area (Å²) >= 11 is 0. The van der Waals surface area contributed by atoms with E-state index in [4.69, 9.17) is 23.7 Å². The van der Waals surface area contributed by atoms with Gasteiger partial charge in [0.05, 0.1) is 24.0 Å². The molecule has 2 saturated carbocycles. The summed E-state index contributed by atoms with van der Waals surface area (Å²) in [4.78, 5) is 28.6. The largest absolute Gasteiger partial charge is 0.463 e. The third kappa shape index (κ3) is 75.9. The number of hydrogen-bond donors (Lipinski definition) is 8. The number of ether oxygens (including phenoxy) is 5. The van der Waals surface area contributed by atoms with Crippen LogP contribution in [0, 0.1) is 35.5 Å². The van der Waals surface area contributed by atoms with Gasteiger partial charge in [-0.3, -0.25) is 9.59 Å². The number of unbranched alkanes of at least 4 members (excludes halogenated alkanes) is 88. The Morgan fingerprint density at radius 2 is 0.359 bits per heavy atom. The van der Waals surface area contributed by atoms with Gasteiger partial charge in [0.2, 0.25) is 0 Å². The van der Waals surface area contributed by atoms with Crippen LogP contribution in [0.5, 0.6) is 0 Å². The molecule has 2 aliphatic heterocycles. The van der Waals surface area contributed by atoms with Gasteiger partial charge in [0.1, 0.15) is 62.0 Å². The van der Waals surface area contributed by atoms with E-state index in [9.17, 15) is 50.4 Å². The highest BCUT2D eigenvalue weighted by molar-refractivity contribution is 5.73. The van der Waals surface area contributed by atoms with Crippen molar-refractivity contribution in [3.8, 4) is 0 Å². The standard InChI is InChI=1S/C130H250O15/c1-5-9-13-17-21-25-29-31-33-35-37-39-41-43-49-55-63-71-79-87-95-103-115(117(131)105-97-89-81-73-65-57-51-45-47-53-61-69-77-85-93-101-113-107-111(113)99-91-83-75-67-59-27-23-19-15-11-7-3)127(139)141-109-119-121(133)123(135)125(137)129(143-119)145-130-126(138)124(136)122(134)120(144-130)110-142-128(140)116(104-96-88-80-72-64-56-50-44-42-40-38-36-34-32-30-26-22-18-14-10-6-2)118(132)106-98-90-82-74-66-58-52-46-48-54-62-70-78-86-94-102-114-108-112(114)100-92-84-76-68-60-28-24-20-16-12-8-4/h111-126,129-138H,5-110H2,1-4H3. The fraction of sp³-hybridized carbons (Fsp3) is 0.985. The molecule has 4 rings (SSSR count). The van der Waals surface area contributed by atoms with Gasteiger partial charge in [-0.2, -0.15) is 0 Å². The molecule has 4 aliphatic rings. The first-order valence-corrected chi connectivity index (χ1v) is 66.0. The normalized spacial score (nSPS) is 21.9.